The summed E-state index contributed by atoms with van der Waals surface area (Å²) in [6.45, 7) is 1.72. The summed E-state index contributed by atoms with van der Waals surface area (Å²) in [6, 6.07) is 2.84. The van der Waals surface area contributed by atoms with E-state index in [1.54, 1.807) is 24.4 Å². The number of carboxylic acid groups (broad SMARTS) is 1. The Balaban J connectivity index is 2.09. The van der Waals surface area contributed by atoms with Crippen LogP contribution in [0.25, 0.3) is 0 Å². The number of aromatic nitrogens is 1. The molecule has 0 aliphatic rings. The van der Waals surface area contributed by atoms with Crippen LogP contribution in [0.2, 0.25) is 0 Å². The van der Waals surface area contributed by atoms with Crippen molar-refractivity contribution < 1.29 is 14.7 Å². The molecule has 0 aliphatic carbocycles. The van der Waals surface area contributed by atoms with Crippen LogP contribution >= 0.6 is 11.3 Å². The molecule has 0 saturated carbocycles. The number of thiophene rings is 1. The maximum atomic E-state index is 11.6. The van der Waals surface area contributed by atoms with Gasteiger partial charge in [0.15, 0.2) is 0 Å². The number of aromatic amines is 1. The van der Waals surface area contributed by atoms with Gasteiger partial charge >= 0.3 is 12.0 Å². The number of carboxylic acids is 1. The molecule has 18 heavy (non-hydrogen) atoms. The fraction of sp³-hybridized carbons (Fsp3) is 0.0909. The van der Waals surface area contributed by atoms with Crippen molar-refractivity contribution in [2.45, 2.75) is 6.92 Å². The molecule has 0 atom stereocenters. The summed E-state index contributed by atoms with van der Waals surface area (Å²) in [7, 11) is 0. The first-order chi connectivity index (χ1) is 8.56. The van der Waals surface area contributed by atoms with Crippen molar-refractivity contribution in [3.05, 3.63) is 34.3 Å². The van der Waals surface area contributed by atoms with Crippen LogP contribution in [0.3, 0.4) is 0 Å². The maximum absolute atomic E-state index is 11.6. The highest BCUT2D eigenvalue weighted by atomic mass is 32.1. The summed E-state index contributed by atoms with van der Waals surface area (Å²) in [5, 5.41) is 17.6. The van der Waals surface area contributed by atoms with Gasteiger partial charge in [-0.25, -0.2) is 9.59 Å². The number of hydrogen-bond donors (Lipinski definition) is 4. The summed E-state index contributed by atoms with van der Waals surface area (Å²) in [5.41, 5.74) is 1.54. The van der Waals surface area contributed by atoms with E-state index in [2.05, 4.69) is 15.6 Å². The van der Waals surface area contributed by atoms with E-state index < -0.39 is 12.0 Å². The van der Waals surface area contributed by atoms with E-state index >= 15 is 0 Å². The molecule has 0 unspecified atom stereocenters. The van der Waals surface area contributed by atoms with Gasteiger partial charge in [0.25, 0.3) is 0 Å². The number of anilines is 2. The van der Waals surface area contributed by atoms with Gasteiger partial charge in [-0.05, 0) is 24.4 Å². The van der Waals surface area contributed by atoms with Crippen LogP contribution in [0.1, 0.15) is 16.2 Å². The van der Waals surface area contributed by atoms with Crippen molar-refractivity contribution in [2.24, 2.45) is 0 Å². The molecule has 6 nitrogen and oxygen atoms in total. The minimum absolute atomic E-state index is 0.0343. The molecule has 2 aromatic rings. The molecule has 0 saturated heterocycles. The largest absolute Gasteiger partial charge is 0.477 e. The molecule has 7 heteroatoms. The average Bonchev–Trinajstić information content (AvgIpc) is 2.88. The van der Waals surface area contributed by atoms with Crippen molar-refractivity contribution in [3.8, 4) is 0 Å². The summed E-state index contributed by atoms with van der Waals surface area (Å²) < 4.78 is 0. The number of aryl methyl sites for hydroxylation is 1. The van der Waals surface area contributed by atoms with Gasteiger partial charge in [-0.3, -0.25) is 0 Å². The first-order valence-corrected chi connectivity index (χ1v) is 6.03. The standard InChI is InChI=1S/C11H11N3O3S/c1-6-4-8(9(12-6)10(15)16)14-11(17)13-7-2-3-18-5-7/h2-5,12H,1H3,(H,15,16)(H2,13,14,17). The van der Waals surface area contributed by atoms with E-state index in [0.717, 1.165) is 0 Å². The highest BCUT2D eigenvalue weighted by Crippen LogP contribution is 2.18. The van der Waals surface area contributed by atoms with Crippen LogP contribution < -0.4 is 10.6 Å². The molecular weight excluding hydrogens is 254 g/mol. The smallest absolute Gasteiger partial charge is 0.354 e. The second kappa shape index (κ2) is 4.92. The Morgan fingerprint density at radius 3 is 2.78 bits per heavy atom. The van der Waals surface area contributed by atoms with E-state index in [9.17, 15) is 9.59 Å². The summed E-state index contributed by atoms with van der Waals surface area (Å²) >= 11 is 1.46. The van der Waals surface area contributed by atoms with Crippen molar-refractivity contribution in [2.75, 3.05) is 10.6 Å². The lowest BCUT2D eigenvalue weighted by atomic mass is 10.3. The number of nitrogens with one attached hydrogen (secondary N) is 3. The quantitative estimate of drug-likeness (QED) is 0.687. The molecule has 2 aromatic heterocycles. The molecule has 0 fully saturated rings. The lowest BCUT2D eigenvalue weighted by Crippen LogP contribution is -2.20. The summed E-state index contributed by atoms with van der Waals surface area (Å²) in [5.74, 6) is -1.12. The molecule has 0 aliphatic heterocycles. The zero-order chi connectivity index (χ0) is 13.1. The van der Waals surface area contributed by atoms with E-state index in [0.29, 0.717) is 11.4 Å². The molecule has 94 valence electrons. The molecule has 2 heterocycles. The van der Waals surface area contributed by atoms with E-state index in [1.165, 1.54) is 11.3 Å². The molecular formula is C11H11N3O3S. The second-order valence-corrected chi connectivity index (χ2v) is 4.42. The number of H-pyrrole nitrogens is 1. The van der Waals surface area contributed by atoms with Gasteiger partial charge in [0.1, 0.15) is 5.69 Å². The number of carbonyl (C=O) groups is 2. The van der Waals surface area contributed by atoms with Crippen molar-refractivity contribution in [1.82, 2.24) is 4.98 Å². The van der Waals surface area contributed by atoms with Crippen LogP contribution in [-0.4, -0.2) is 22.1 Å². The molecule has 0 aromatic carbocycles. The van der Waals surface area contributed by atoms with Crippen molar-refractivity contribution >= 4 is 34.7 Å². The predicted octanol–water partition coefficient (Wildman–Crippen LogP) is 2.73. The molecule has 2 rings (SSSR count). The number of carbonyl (C=O) groups excluding carboxylic acids is 1. The lowest BCUT2D eigenvalue weighted by Gasteiger charge is -2.05. The van der Waals surface area contributed by atoms with E-state index in [-0.39, 0.29) is 11.4 Å². The summed E-state index contributed by atoms with van der Waals surface area (Å²) in [4.78, 5) is 25.2. The minimum atomic E-state index is -1.12. The van der Waals surface area contributed by atoms with Gasteiger partial charge in [-0.15, -0.1) is 0 Å². The zero-order valence-electron chi connectivity index (χ0n) is 9.48. The monoisotopic (exact) mass is 265 g/mol. The number of urea groups is 1. The number of amides is 2. The molecule has 0 spiro atoms. The third kappa shape index (κ3) is 2.69. The maximum Gasteiger partial charge on any atom is 0.354 e. The number of rotatable bonds is 3. The second-order valence-electron chi connectivity index (χ2n) is 3.64. The zero-order valence-corrected chi connectivity index (χ0v) is 10.3. The third-order valence-electron chi connectivity index (χ3n) is 2.19. The molecule has 2 amide bonds. The Morgan fingerprint density at radius 1 is 1.39 bits per heavy atom. The fourth-order valence-electron chi connectivity index (χ4n) is 1.48. The minimum Gasteiger partial charge on any atom is -0.477 e. The van der Waals surface area contributed by atoms with Gasteiger partial charge in [0.2, 0.25) is 0 Å². The molecule has 0 radical (unpaired) electrons. The Morgan fingerprint density at radius 2 is 2.17 bits per heavy atom. The van der Waals surface area contributed by atoms with Crippen LogP contribution in [-0.2, 0) is 0 Å². The molecule has 4 N–H and O–H groups in total. The van der Waals surface area contributed by atoms with Gasteiger partial charge in [-0.1, -0.05) is 0 Å². The van der Waals surface area contributed by atoms with Crippen molar-refractivity contribution in [1.29, 1.82) is 0 Å². The normalized spacial score (nSPS) is 10.1. The SMILES string of the molecule is Cc1cc(NC(=O)Nc2ccsc2)c(C(=O)O)[nH]1. The number of aromatic carboxylic acids is 1. The van der Waals surface area contributed by atoms with Crippen LogP contribution in [0.5, 0.6) is 0 Å². The fourth-order valence-corrected chi connectivity index (χ4v) is 2.06. The van der Waals surface area contributed by atoms with E-state index in [1.807, 2.05) is 5.38 Å². The predicted molar refractivity (Wildman–Crippen MR) is 69.4 cm³/mol. The highest BCUT2D eigenvalue weighted by molar-refractivity contribution is 7.08. The molecule has 0 bridgehead atoms. The number of hydrogen-bond acceptors (Lipinski definition) is 3. The van der Waals surface area contributed by atoms with Gasteiger partial charge in [0.05, 0.1) is 11.4 Å². The van der Waals surface area contributed by atoms with Gasteiger partial charge in [0, 0.05) is 11.1 Å². The Hall–Kier alpha value is -2.28. The topological polar surface area (TPSA) is 94.2 Å². The van der Waals surface area contributed by atoms with Crippen LogP contribution in [0.4, 0.5) is 16.2 Å². The lowest BCUT2D eigenvalue weighted by molar-refractivity contribution is 0.0692. The van der Waals surface area contributed by atoms with Gasteiger partial charge < -0.3 is 20.7 Å². The first kappa shape index (κ1) is 12.2. The van der Waals surface area contributed by atoms with Crippen LogP contribution in [0, 0.1) is 6.92 Å². The average molecular weight is 265 g/mol. The summed E-state index contributed by atoms with van der Waals surface area (Å²) in [6.07, 6.45) is 0. The van der Waals surface area contributed by atoms with Crippen molar-refractivity contribution in [3.63, 3.8) is 0 Å². The first-order valence-electron chi connectivity index (χ1n) is 5.09. The Labute approximate surface area is 107 Å². The highest BCUT2D eigenvalue weighted by Gasteiger charge is 2.15. The van der Waals surface area contributed by atoms with E-state index in [4.69, 9.17) is 5.11 Å². The Kier molecular flexibility index (Phi) is 3.33. The third-order valence-corrected chi connectivity index (χ3v) is 2.88. The van der Waals surface area contributed by atoms with Gasteiger partial charge in [-0.2, -0.15) is 11.3 Å². The van der Waals surface area contributed by atoms with Crippen LogP contribution in [0.15, 0.2) is 22.9 Å². The Bertz CT molecular complexity index is 574.